The number of carbonyl (C=O) groups is 1. The molecule has 0 aliphatic heterocycles. The highest BCUT2D eigenvalue weighted by atomic mass is 19.1. The molecule has 0 saturated heterocycles. The molecule has 0 radical (unpaired) electrons. The first kappa shape index (κ1) is 15.7. The van der Waals surface area contributed by atoms with Crippen LogP contribution >= 0.6 is 0 Å². The molecule has 0 atom stereocenters. The van der Waals surface area contributed by atoms with Crippen LogP contribution in [0.5, 0.6) is 5.75 Å². The summed E-state index contributed by atoms with van der Waals surface area (Å²) in [4.78, 5) is 10.9. The summed E-state index contributed by atoms with van der Waals surface area (Å²) in [5, 5.41) is 8.91. The molecule has 0 saturated carbocycles. The van der Waals surface area contributed by atoms with Crippen LogP contribution in [0.15, 0.2) is 72.8 Å². The molecule has 24 heavy (non-hydrogen) atoms. The topological polar surface area (TPSA) is 46.5 Å². The van der Waals surface area contributed by atoms with Gasteiger partial charge in [-0.3, -0.25) is 0 Å². The Morgan fingerprint density at radius 3 is 2.46 bits per heavy atom. The standard InChI is InChI=1S/C20H15FO3/c21-19-12-16(20(22)23)9-10-18(19)15-7-4-8-17(11-15)24-13-14-5-2-1-3-6-14/h1-12H,13H2,(H,22,23). The second-order valence-electron chi connectivity index (χ2n) is 5.30. The minimum atomic E-state index is -1.15. The Morgan fingerprint density at radius 2 is 1.75 bits per heavy atom. The molecule has 0 amide bonds. The van der Waals surface area contributed by atoms with Crippen molar-refractivity contribution in [3.05, 3.63) is 89.7 Å². The summed E-state index contributed by atoms with van der Waals surface area (Å²) >= 11 is 0. The van der Waals surface area contributed by atoms with E-state index in [9.17, 15) is 9.18 Å². The molecule has 0 fully saturated rings. The van der Waals surface area contributed by atoms with Crippen molar-refractivity contribution < 1.29 is 19.0 Å². The molecule has 120 valence electrons. The quantitative estimate of drug-likeness (QED) is 0.736. The van der Waals surface area contributed by atoms with Crippen LogP contribution in [0.1, 0.15) is 15.9 Å². The van der Waals surface area contributed by atoms with Crippen molar-refractivity contribution in [1.82, 2.24) is 0 Å². The van der Waals surface area contributed by atoms with Gasteiger partial charge in [-0.05, 0) is 35.4 Å². The van der Waals surface area contributed by atoms with Crippen LogP contribution in [0, 0.1) is 5.82 Å². The van der Waals surface area contributed by atoms with Crippen LogP contribution in [0.25, 0.3) is 11.1 Å². The van der Waals surface area contributed by atoms with E-state index in [0.29, 0.717) is 23.5 Å². The van der Waals surface area contributed by atoms with E-state index in [-0.39, 0.29) is 5.56 Å². The van der Waals surface area contributed by atoms with E-state index in [1.54, 1.807) is 24.3 Å². The molecule has 0 bridgehead atoms. The molecule has 0 aromatic heterocycles. The Hall–Kier alpha value is -3.14. The van der Waals surface area contributed by atoms with Gasteiger partial charge in [-0.1, -0.05) is 48.5 Å². The molecule has 0 heterocycles. The van der Waals surface area contributed by atoms with Crippen LogP contribution in [-0.4, -0.2) is 11.1 Å². The molecule has 0 unspecified atom stereocenters. The van der Waals surface area contributed by atoms with E-state index < -0.39 is 11.8 Å². The van der Waals surface area contributed by atoms with E-state index in [0.717, 1.165) is 11.6 Å². The largest absolute Gasteiger partial charge is 0.489 e. The summed E-state index contributed by atoms with van der Waals surface area (Å²) in [5.74, 6) is -1.10. The maximum atomic E-state index is 14.2. The minimum absolute atomic E-state index is 0.0762. The molecule has 0 aliphatic rings. The number of hydrogen-bond acceptors (Lipinski definition) is 2. The van der Waals surface area contributed by atoms with Crippen LogP contribution in [-0.2, 0) is 6.61 Å². The van der Waals surface area contributed by atoms with Crippen molar-refractivity contribution >= 4 is 5.97 Å². The molecular formula is C20H15FO3. The van der Waals surface area contributed by atoms with Crippen LogP contribution < -0.4 is 4.74 Å². The van der Waals surface area contributed by atoms with Gasteiger partial charge in [0.25, 0.3) is 0 Å². The van der Waals surface area contributed by atoms with E-state index in [1.165, 1.54) is 12.1 Å². The van der Waals surface area contributed by atoms with Gasteiger partial charge in [0.1, 0.15) is 18.2 Å². The van der Waals surface area contributed by atoms with Gasteiger partial charge in [-0.25, -0.2) is 9.18 Å². The molecule has 3 rings (SSSR count). The predicted octanol–water partition coefficient (Wildman–Crippen LogP) is 4.77. The number of benzene rings is 3. The van der Waals surface area contributed by atoms with E-state index in [1.807, 2.05) is 30.3 Å². The molecule has 3 nitrogen and oxygen atoms in total. The van der Waals surface area contributed by atoms with Crippen LogP contribution in [0.4, 0.5) is 4.39 Å². The normalized spacial score (nSPS) is 10.4. The third-order valence-electron chi connectivity index (χ3n) is 3.61. The average molecular weight is 322 g/mol. The van der Waals surface area contributed by atoms with Gasteiger partial charge in [0.2, 0.25) is 0 Å². The van der Waals surface area contributed by atoms with Crippen molar-refractivity contribution in [3.8, 4) is 16.9 Å². The van der Waals surface area contributed by atoms with Crippen molar-refractivity contribution in [2.75, 3.05) is 0 Å². The number of carboxylic acids is 1. The number of rotatable bonds is 5. The fraction of sp³-hybridized carbons (Fsp3) is 0.0500. The van der Waals surface area contributed by atoms with Gasteiger partial charge in [0.05, 0.1) is 5.56 Å². The molecule has 0 aliphatic carbocycles. The zero-order chi connectivity index (χ0) is 16.9. The molecule has 3 aromatic rings. The molecule has 4 heteroatoms. The van der Waals surface area contributed by atoms with Crippen molar-refractivity contribution in [3.63, 3.8) is 0 Å². The molecule has 3 aromatic carbocycles. The minimum Gasteiger partial charge on any atom is -0.489 e. The summed E-state index contributed by atoms with van der Waals surface area (Å²) in [6.07, 6.45) is 0. The summed E-state index contributed by atoms with van der Waals surface area (Å²) < 4.78 is 19.9. The summed E-state index contributed by atoms with van der Waals surface area (Å²) in [6, 6.07) is 20.7. The van der Waals surface area contributed by atoms with Crippen molar-refractivity contribution in [1.29, 1.82) is 0 Å². The first-order valence-electron chi connectivity index (χ1n) is 7.43. The average Bonchev–Trinajstić information content (AvgIpc) is 2.61. The second-order valence-corrected chi connectivity index (χ2v) is 5.30. The summed E-state index contributed by atoms with van der Waals surface area (Å²) in [6.45, 7) is 0.421. The third-order valence-corrected chi connectivity index (χ3v) is 3.61. The fourth-order valence-electron chi connectivity index (χ4n) is 2.38. The Labute approximate surface area is 139 Å². The van der Waals surface area contributed by atoms with Gasteiger partial charge in [-0.2, -0.15) is 0 Å². The Morgan fingerprint density at radius 1 is 0.958 bits per heavy atom. The highest BCUT2D eigenvalue weighted by molar-refractivity contribution is 5.88. The van der Waals surface area contributed by atoms with Crippen molar-refractivity contribution in [2.24, 2.45) is 0 Å². The summed E-state index contributed by atoms with van der Waals surface area (Å²) in [7, 11) is 0. The second kappa shape index (κ2) is 6.96. The lowest BCUT2D eigenvalue weighted by Gasteiger charge is -2.09. The number of aromatic carboxylic acids is 1. The summed E-state index contributed by atoms with van der Waals surface area (Å²) in [5.41, 5.74) is 1.94. The Kier molecular flexibility index (Phi) is 4.57. The number of halogens is 1. The highest BCUT2D eigenvalue weighted by Gasteiger charge is 2.10. The predicted molar refractivity (Wildman–Crippen MR) is 89.6 cm³/mol. The molecule has 0 spiro atoms. The maximum absolute atomic E-state index is 14.2. The van der Waals surface area contributed by atoms with Gasteiger partial charge in [0, 0.05) is 5.56 Å². The zero-order valence-electron chi connectivity index (χ0n) is 12.8. The number of hydrogen-bond donors (Lipinski definition) is 1. The SMILES string of the molecule is O=C(O)c1ccc(-c2cccc(OCc3ccccc3)c2)c(F)c1. The monoisotopic (exact) mass is 322 g/mol. The lowest BCUT2D eigenvalue weighted by Crippen LogP contribution is -1.98. The maximum Gasteiger partial charge on any atom is 0.335 e. The van der Waals surface area contributed by atoms with Crippen LogP contribution in [0.2, 0.25) is 0 Å². The van der Waals surface area contributed by atoms with Crippen LogP contribution in [0.3, 0.4) is 0 Å². The van der Waals surface area contributed by atoms with Gasteiger partial charge < -0.3 is 9.84 Å². The van der Waals surface area contributed by atoms with E-state index in [4.69, 9.17) is 9.84 Å². The third kappa shape index (κ3) is 3.60. The van der Waals surface area contributed by atoms with Gasteiger partial charge >= 0.3 is 5.97 Å². The van der Waals surface area contributed by atoms with Gasteiger partial charge in [0.15, 0.2) is 0 Å². The van der Waals surface area contributed by atoms with E-state index in [2.05, 4.69) is 0 Å². The van der Waals surface area contributed by atoms with Crippen molar-refractivity contribution in [2.45, 2.75) is 6.61 Å². The first-order chi connectivity index (χ1) is 11.6. The van der Waals surface area contributed by atoms with E-state index >= 15 is 0 Å². The Balaban J connectivity index is 1.81. The lowest BCUT2D eigenvalue weighted by atomic mass is 10.0. The molecule has 1 N–H and O–H groups in total. The zero-order valence-corrected chi connectivity index (χ0v) is 12.8. The highest BCUT2D eigenvalue weighted by Crippen LogP contribution is 2.27. The molecular weight excluding hydrogens is 307 g/mol. The smallest absolute Gasteiger partial charge is 0.335 e. The number of ether oxygens (including phenoxy) is 1. The van der Waals surface area contributed by atoms with Gasteiger partial charge in [-0.15, -0.1) is 0 Å². The lowest BCUT2D eigenvalue weighted by molar-refractivity contribution is 0.0696. The first-order valence-corrected chi connectivity index (χ1v) is 7.43. The number of carboxylic acid groups (broad SMARTS) is 1. The fourth-order valence-corrected chi connectivity index (χ4v) is 2.38. The Bertz CT molecular complexity index is 860.